The Bertz CT molecular complexity index is 504. The first-order valence-corrected chi connectivity index (χ1v) is 7.74. The molecule has 0 aromatic heterocycles. The maximum Gasteiger partial charge on any atom is 0.407 e. The van der Waals surface area contributed by atoms with Gasteiger partial charge in [0.15, 0.2) is 0 Å². The van der Waals surface area contributed by atoms with Crippen LogP contribution in [0.4, 0.5) is 9.18 Å². The molecule has 0 radical (unpaired) electrons. The number of benzene rings is 1. The zero-order valence-corrected chi connectivity index (χ0v) is 13.7. The van der Waals surface area contributed by atoms with Crippen molar-refractivity contribution in [1.29, 1.82) is 0 Å². The number of amides is 1. The molecule has 4 nitrogen and oxygen atoms in total. The third-order valence-corrected chi connectivity index (χ3v) is 3.71. The van der Waals surface area contributed by atoms with Crippen molar-refractivity contribution in [2.24, 2.45) is 0 Å². The van der Waals surface area contributed by atoms with Gasteiger partial charge in [0.2, 0.25) is 0 Å². The van der Waals surface area contributed by atoms with E-state index < -0.39 is 5.60 Å². The van der Waals surface area contributed by atoms with Crippen molar-refractivity contribution in [3.05, 3.63) is 35.6 Å². The Morgan fingerprint density at radius 3 is 2.36 bits per heavy atom. The minimum Gasteiger partial charge on any atom is -0.444 e. The first-order chi connectivity index (χ1) is 10.2. The summed E-state index contributed by atoms with van der Waals surface area (Å²) < 4.78 is 18.1. The van der Waals surface area contributed by atoms with Gasteiger partial charge in [0.25, 0.3) is 0 Å². The third kappa shape index (κ3) is 4.98. The Balaban J connectivity index is 1.71. The molecule has 0 spiro atoms. The zero-order chi connectivity index (χ0) is 16.3. The van der Waals surface area contributed by atoms with E-state index >= 15 is 0 Å². The van der Waals surface area contributed by atoms with Gasteiger partial charge in [0.1, 0.15) is 11.4 Å². The van der Waals surface area contributed by atoms with Crippen molar-refractivity contribution < 1.29 is 13.9 Å². The van der Waals surface area contributed by atoms with Gasteiger partial charge in [-0.15, -0.1) is 0 Å². The largest absolute Gasteiger partial charge is 0.444 e. The van der Waals surface area contributed by atoms with Gasteiger partial charge in [-0.05, 0) is 58.2 Å². The van der Waals surface area contributed by atoms with Crippen LogP contribution in [-0.2, 0) is 4.74 Å². The molecule has 1 saturated carbocycles. The van der Waals surface area contributed by atoms with E-state index in [0.29, 0.717) is 6.04 Å². The van der Waals surface area contributed by atoms with Crippen molar-refractivity contribution in [2.45, 2.75) is 64.3 Å². The minimum absolute atomic E-state index is 0.160. The summed E-state index contributed by atoms with van der Waals surface area (Å²) in [6, 6.07) is 7.22. The second kappa shape index (κ2) is 6.65. The Labute approximate surface area is 131 Å². The molecule has 0 unspecified atom stereocenters. The Morgan fingerprint density at radius 2 is 1.82 bits per heavy atom. The number of carbonyl (C=O) groups excluding carboxylic acids is 1. The Hall–Kier alpha value is -1.62. The fourth-order valence-corrected chi connectivity index (χ4v) is 2.55. The summed E-state index contributed by atoms with van der Waals surface area (Å²) >= 11 is 0. The smallest absolute Gasteiger partial charge is 0.407 e. The van der Waals surface area contributed by atoms with Crippen molar-refractivity contribution in [1.82, 2.24) is 10.6 Å². The van der Waals surface area contributed by atoms with Gasteiger partial charge in [-0.3, -0.25) is 0 Å². The zero-order valence-electron chi connectivity index (χ0n) is 13.7. The lowest BCUT2D eigenvalue weighted by Gasteiger charge is -2.38. The highest BCUT2D eigenvalue weighted by atomic mass is 19.1. The Morgan fingerprint density at radius 1 is 1.23 bits per heavy atom. The van der Waals surface area contributed by atoms with Gasteiger partial charge in [0, 0.05) is 18.1 Å². The molecule has 0 aliphatic heterocycles. The van der Waals surface area contributed by atoms with Crippen LogP contribution in [0.1, 0.15) is 52.1 Å². The minimum atomic E-state index is -0.470. The van der Waals surface area contributed by atoms with E-state index in [1.807, 2.05) is 20.8 Å². The average Bonchev–Trinajstić information content (AvgIpc) is 2.34. The van der Waals surface area contributed by atoms with Crippen LogP contribution in [0.3, 0.4) is 0 Å². The van der Waals surface area contributed by atoms with Crippen molar-refractivity contribution >= 4 is 6.09 Å². The highest BCUT2D eigenvalue weighted by molar-refractivity contribution is 5.68. The summed E-state index contributed by atoms with van der Waals surface area (Å²) in [5.41, 5.74) is 0.590. The molecule has 1 aliphatic carbocycles. The molecule has 0 bridgehead atoms. The van der Waals surface area contributed by atoms with Crippen molar-refractivity contribution in [2.75, 3.05) is 0 Å². The molecular formula is C17H25FN2O2. The molecule has 122 valence electrons. The summed E-state index contributed by atoms with van der Waals surface area (Å²) in [6.45, 7) is 7.61. The van der Waals surface area contributed by atoms with Crippen LogP contribution in [0.5, 0.6) is 0 Å². The third-order valence-electron chi connectivity index (χ3n) is 3.71. The molecule has 22 heavy (non-hydrogen) atoms. The van der Waals surface area contributed by atoms with Gasteiger partial charge >= 0.3 is 6.09 Å². The van der Waals surface area contributed by atoms with E-state index in [0.717, 1.165) is 18.4 Å². The second-order valence-electron chi connectivity index (χ2n) is 6.95. The molecule has 1 amide bonds. The number of nitrogens with one attached hydrogen (secondary N) is 2. The van der Waals surface area contributed by atoms with E-state index in [2.05, 4.69) is 17.6 Å². The predicted octanol–water partition coefficient (Wildman–Crippen LogP) is 3.53. The maximum absolute atomic E-state index is 12.9. The van der Waals surface area contributed by atoms with Crippen molar-refractivity contribution in [3.63, 3.8) is 0 Å². The maximum atomic E-state index is 12.9. The summed E-state index contributed by atoms with van der Waals surface area (Å²) in [7, 11) is 0. The van der Waals surface area contributed by atoms with Gasteiger partial charge in [-0.1, -0.05) is 12.1 Å². The number of ether oxygens (including phenoxy) is 1. The van der Waals surface area contributed by atoms with E-state index in [1.165, 1.54) is 12.1 Å². The second-order valence-corrected chi connectivity index (χ2v) is 6.95. The summed E-state index contributed by atoms with van der Waals surface area (Å²) in [5.74, 6) is -0.221. The molecule has 1 fully saturated rings. The molecule has 2 rings (SSSR count). The van der Waals surface area contributed by atoms with E-state index in [1.54, 1.807) is 12.1 Å². The molecule has 1 atom stereocenters. The van der Waals surface area contributed by atoms with Gasteiger partial charge in [0.05, 0.1) is 0 Å². The normalized spacial score (nSPS) is 22.6. The number of rotatable bonds is 4. The monoisotopic (exact) mass is 308 g/mol. The lowest BCUT2D eigenvalue weighted by molar-refractivity contribution is 0.0463. The quantitative estimate of drug-likeness (QED) is 0.894. The molecular weight excluding hydrogens is 283 g/mol. The van der Waals surface area contributed by atoms with E-state index in [9.17, 15) is 9.18 Å². The Kier molecular flexibility index (Phi) is 5.06. The number of carbonyl (C=O) groups is 1. The standard InChI is InChI=1S/C17H25FN2O2/c1-11(12-5-7-13(18)8-6-12)19-14-9-15(10-14)20-16(21)22-17(2,3)4/h5-8,11,14-15,19H,9-10H2,1-4H3,(H,20,21)/t11-,14?,15?/m0/s1. The molecule has 2 N–H and O–H groups in total. The van der Waals surface area contributed by atoms with Crippen molar-refractivity contribution in [3.8, 4) is 0 Å². The first kappa shape index (κ1) is 16.7. The summed E-state index contributed by atoms with van der Waals surface area (Å²) in [4.78, 5) is 11.7. The molecule has 1 aliphatic rings. The lowest BCUT2D eigenvalue weighted by Crippen LogP contribution is -2.53. The highest BCUT2D eigenvalue weighted by Gasteiger charge is 2.32. The van der Waals surface area contributed by atoms with Crippen LogP contribution >= 0.6 is 0 Å². The molecule has 1 aromatic carbocycles. The van der Waals surface area contributed by atoms with Crippen LogP contribution in [-0.4, -0.2) is 23.8 Å². The van der Waals surface area contributed by atoms with Gasteiger partial charge < -0.3 is 15.4 Å². The number of hydrogen-bond donors (Lipinski definition) is 2. The van der Waals surface area contributed by atoms with Gasteiger partial charge in [-0.25, -0.2) is 9.18 Å². The van der Waals surface area contributed by atoms with E-state index in [-0.39, 0.29) is 24.0 Å². The van der Waals surface area contributed by atoms with Crippen LogP contribution < -0.4 is 10.6 Å². The molecule has 0 saturated heterocycles. The van der Waals surface area contributed by atoms with Gasteiger partial charge in [-0.2, -0.15) is 0 Å². The topological polar surface area (TPSA) is 50.4 Å². The highest BCUT2D eigenvalue weighted by Crippen LogP contribution is 2.24. The van der Waals surface area contributed by atoms with Crippen LogP contribution in [0.25, 0.3) is 0 Å². The molecule has 1 aromatic rings. The fourth-order valence-electron chi connectivity index (χ4n) is 2.55. The van der Waals surface area contributed by atoms with Crippen LogP contribution in [0.15, 0.2) is 24.3 Å². The SMILES string of the molecule is C[C@H](NC1CC(NC(=O)OC(C)(C)C)C1)c1ccc(F)cc1. The number of halogens is 1. The average molecular weight is 308 g/mol. The summed E-state index contributed by atoms with van der Waals surface area (Å²) in [5, 5.41) is 6.36. The molecule has 0 heterocycles. The lowest BCUT2D eigenvalue weighted by atomic mass is 9.86. The van der Waals surface area contributed by atoms with Crippen LogP contribution in [0.2, 0.25) is 0 Å². The molecule has 5 heteroatoms. The van der Waals surface area contributed by atoms with E-state index in [4.69, 9.17) is 4.74 Å². The fraction of sp³-hybridized carbons (Fsp3) is 0.588. The number of alkyl carbamates (subject to hydrolysis) is 1. The first-order valence-electron chi connectivity index (χ1n) is 7.74. The number of hydrogen-bond acceptors (Lipinski definition) is 3. The summed E-state index contributed by atoms with van der Waals surface area (Å²) in [6.07, 6.45) is 1.40. The predicted molar refractivity (Wildman–Crippen MR) is 84.1 cm³/mol. The van der Waals surface area contributed by atoms with Crippen LogP contribution in [0, 0.1) is 5.82 Å².